The molecule has 0 spiro atoms. The molecule has 3 aromatic rings. The number of rotatable bonds is 1. The summed E-state index contributed by atoms with van der Waals surface area (Å²) in [7, 11) is 0. The van der Waals surface area contributed by atoms with Crippen LogP contribution in [0.15, 0.2) is 18.2 Å². The highest BCUT2D eigenvalue weighted by molar-refractivity contribution is 7.19. The zero-order valence-corrected chi connectivity index (χ0v) is 16.7. The Bertz CT molecular complexity index is 1030. The molecule has 0 nitrogen and oxygen atoms in total. The Balaban J connectivity index is 2.30. The molecule has 0 bridgehead atoms. The topological polar surface area (TPSA) is 0 Å². The lowest BCUT2D eigenvalue weighted by molar-refractivity contribution is 0.604. The van der Waals surface area contributed by atoms with Crippen molar-refractivity contribution in [3.8, 4) is 0 Å². The third kappa shape index (κ3) is 3.07. The van der Waals surface area contributed by atoms with Gasteiger partial charge in [0.1, 0.15) is 0 Å². The van der Waals surface area contributed by atoms with E-state index < -0.39 is 0 Å². The van der Waals surface area contributed by atoms with Gasteiger partial charge in [0.2, 0.25) is 0 Å². The highest BCUT2D eigenvalue weighted by Crippen LogP contribution is 2.38. The number of hydrogen-bond donors (Lipinski definition) is 0. The predicted molar refractivity (Wildman–Crippen MR) is 107 cm³/mol. The largest absolute Gasteiger partial charge is 0.195 e. The molecule has 0 radical (unpaired) electrons. The van der Waals surface area contributed by atoms with Crippen LogP contribution in [0.2, 0.25) is 0 Å². The summed E-state index contributed by atoms with van der Waals surface area (Å²) in [6, 6.07) is 6.22. The van der Waals surface area contributed by atoms with Crippen LogP contribution in [0.4, 0.5) is 4.39 Å². The highest BCUT2D eigenvalue weighted by atomic mass is 32.1. The second kappa shape index (κ2) is 6.12. The molecular weight excluding hydrogens is 335 g/mol. The maximum absolute atomic E-state index is 13.6. The Labute approximate surface area is 151 Å². The average Bonchev–Trinajstić information content (AvgIpc) is 3.06. The minimum Gasteiger partial charge on any atom is -0.195 e. The van der Waals surface area contributed by atoms with Gasteiger partial charge in [-0.15, -0.1) is 22.7 Å². The van der Waals surface area contributed by atoms with E-state index in [4.69, 9.17) is 0 Å². The summed E-state index contributed by atoms with van der Waals surface area (Å²) >= 11 is 3.09. The number of halogens is 1. The first kappa shape index (κ1) is 17.4. The molecule has 1 aromatic carbocycles. The minimum absolute atomic E-state index is 0.128. The van der Waals surface area contributed by atoms with Crippen LogP contribution in [0.1, 0.15) is 49.3 Å². The minimum atomic E-state index is -0.128. The molecule has 0 amide bonds. The van der Waals surface area contributed by atoms with Crippen LogP contribution in [0.25, 0.3) is 22.2 Å². The summed E-state index contributed by atoms with van der Waals surface area (Å²) in [6.07, 6.45) is 4.11. The number of benzene rings is 1. The summed E-state index contributed by atoms with van der Waals surface area (Å²) in [6.45, 7) is 13.0. The standard InChI is InChI=1S/C21H23FS2/c1-7-17-14(11-19(22)23-17)9-16-12(2)8-15-10-18(21(4,5)6)24-20(15)13(16)3/h7-11H,1-6H3/b14-9-,17-7+. The van der Waals surface area contributed by atoms with E-state index >= 15 is 0 Å². The third-order valence-electron chi connectivity index (χ3n) is 4.36. The predicted octanol–water partition coefficient (Wildman–Crippen LogP) is 5.65. The summed E-state index contributed by atoms with van der Waals surface area (Å²) in [5, 5.41) is 2.16. The first-order valence-corrected chi connectivity index (χ1v) is 9.81. The smallest absolute Gasteiger partial charge is 0.177 e. The summed E-state index contributed by atoms with van der Waals surface area (Å²) in [5.41, 5.74) is 3.91. The molecule has 0 fully saturated rings. The number of fused-ring (bicyclic) bond motifs is 1. The first-order valence-electron chi connectivity index (χ1n) is 8.18. The molecule has 2 heterocycles. The molecule has 0 aliphatic heterocycles. The summed E-state index contributed by atoms with van der Waals surface area (Å²) in [4.78, 5) is 1.40. The highest BCUT2D eigenvalue weighted by Gasteiger charge is 2.18. The van der Waals surface area contributed by atoms with Crippen LogP contribution >= 0.6 is 22.7 Å². The van der Waals surface area contributed by atoms with Gasteiger partial charge in [-0.1, -0.05) is 26.8 Å². The molecule has 126 valence electrons. The molecule has 24 heavy (non-hydrogen) atoms. The van der Waals surface area contributed by atoms with Crippen LogP contribution < -0.4 is 9.75 Å². The van der Waals surface area contributed by atoms with Crippen molar-refractivity contribution in [2.45, 2.75) is 47.0 Å². The fourth-order valence-electron chi connectivity index (χ4n) is 3.01. The molecule has 0 saturated carbocycles. The molecule has 0 saturated heterocycles. The fourth-order valence-corrected chi connectivity index (χ4v) is 4.97. The zero-order valence-electron chi connectivity index (χ0n) is 15.1. The van der Waals surface area contributed by atoms with Crippen LogP contribution in [0, 0.1) is 19.0 Å². The number of aryl methyl sites for hydroxylation is 2. The van der Waals surface area contributed by atoms with Gasteiger partial charge >= 0.3 is 0 Å². The third-order valence-corrected chi connectivity index (χ3v) is 7.06. The van der Waals surface area contributed by atoms with E-state index in [1.54, 1.807) is 6.07 Å². The summed E-state index contributed by atoms with van der Waals surface area (Å²) in [5.74, 6) is 0. The Kier molecular flexibility index (Phi) is 4.43. The monoisotopic (exact) mass is 358 g/mol. The van der Waals surface area contributed by atoms with E-state index in [2.05, 4.69) is 52.8 Å². The maximum atomic E-state index is 13.6. The van der Waals surface area contributed by atoms with Gasteiger partial charge in [-0.25, -0.2) is 0 Å². The van der Waals surface area contributed by atoms with Crippen LogP contribution in [-0.2, 0) is 5.41 Å². The van der Waals surface area contributed by atoms with Crippen molar-refractivity contribution in [1.82, 2.24) is 0 Å². The Hall–Kier alpha value is -1.45. The number of hydrogen-bond acceptors (Lipinski definition) is 2. The van der Waals surface area contributed by atoms with E-state index in [-0.39, 0.29) is 10.5 Å². The van der Waals surface area contributed by atoms with Crippen molar-refractivity contribution in [3.05, 3.63) is 54.6 Å². The molecule has 0 aliphatic rings. The average molecular weight is 359 g/mol. The summed E-state index contributed by atoms with van der Waals surface area (Å²) < 4.78 is 16.0. The molecular formula is C21H23FS2. The molecule has 0 atom stereocenters. The second-order valence-corrected chi connectivity index (χ2v) is 9.40. The van der Waals surface area contributed by atoms with E-state index in [9.17, 15) is 4.39 Å². The van der Waals surface area contributed by atoms with Crippen LogP contribution in [-0.4, -0.2) is 0 Å². The van der Waals surface area contributed by atoms with Crippen molar-refractivity contribution < 1.29 is 4.39 Å². The van der Waals surface area contributed by atoms with Crippen LogP contribution in [0.3, 0.4) is 0 Å². The lowest BCUT2D eigenvalue weighted by Crippen LogP contribution is -2.17. The van der Waals surface area contributed by atoms with Gasteiger partial charge in [0.05, 0.1) is 0 Å². The van der Waals surface area contributed by atoms with E-state index in [1.165, 1.54) is 43.0 Å². The second-order valence-electron chi connectivity index (χ2n) is 7.31. The van der Waals surface area contributed by atoms with Gasteiger partial charge < -0.3 is 0 Å². The molecule has 0 unspecified atom stereocenters. The van der Waals surface area contributed by atoms with Gasteiger partial charge in [-0.05, 0) is 77.8 Å². The van der Waals surface area contributed by atoms with Gasteiger partial charge in [-0.2, -0.15) is 4.39 Å². The Morgan fingerprint density at radius 1 is 1.04 bits per heavy atom. The SMILES string of the molecule is C/C=c1/sc(F)c/c1=C/c1c(C)cc2cc(C(C)(C)C)sc2c1C. The number of thiophene rings is 2. The molecule has 0 aliphatic carbocycles. The molecule has 3 rings (SSSR count). The molecule has 0 N–H and O–H groups in total. The normalized spacial score (nSPS) is 14.1. The van der Waals surface area contributed by atoms with Crippen molar-refractivity contribution >= 4 is 44.9 Å². The van der Waals surface area contributed by atoms with Crippen molar-refractivity contribution in [3.63, 3.8) is 0 Å². The lowest BCUT2D eigenvalue weighted by atomic mass is 9.93. The molecule has 2 aromatic heterocycles. The van der Waals surface area contributed by atoms with Gasteiger partial charge in [0.25, 0.3) is 0 Å². The Morgan fingerprint density at radius 2 is 1.75 bits per heavy atom. The van der Waals surface area contributed by atoms with Crippen molar-refractivity contribution in [2.24, 2.45) is 0 Å². The van der Waals surface area contributed by atoms with Crippen molar-refractivity contribution in [1.29, 1.82) is 0 Å². The lowest BCUT2D eigenvalue weighted by Gasteiger charge is -2.15. The van der Waals surface area contributed by atoms with E-state index in [0.717, 1.165) is 9.75 Å². The fraction of sp³-hybridized carbons (Fsp3) is 0.333. The van der Waals surface area contributed by atoms with Crippen LogP contribution in [0.5, 0.6) is 0 Å². The van der Waals surface area contributed by atoms with Gasteiger partial charge in [0, 0.05) is 14.1 Å². The van der Waals surface area contributed by atoms with E-state index in [1.807, 2.05) is 24.3 Å². The Morgan fingerprint density at radius 3 is 2.38 bits per heavy atom. The van der Waals surface area contributed by atoms with Crippen molar-refractivity contribution in [2.75, 3.05) is 0 Å². The maximum Gasteiger partial charge on any atom is 0.177 e. The van der Waals surface area contributed by atoms with E-state index in [0.29, 0.717) is 0 Å². The molecule has 3 heteroatoms. The zero-order chi connectivity index (χ0) is 17.6. The van der Waals surface area contributed by atoms with Gasteiger partial charge in [0.15, 0.2) is 5.13 Å². The van der Waals surface area contributed by atoms with Gasteiger partial charge in [-0.3, -0.25) is 0 Å². The quantitative estimate of drug-likeness (QED) is 0.528. The first-order chi connectivity index (χ1) is 11.2.